The van der Waals surface area contributed by atoms with Crippen LogP contribution in [0.1, 0.15) is 62.3 Å². The molecule has 0 atom stereocenters. The molecule has 0 radical (unpaired) electrons. The molecule has 1 heterocycles. The van der Waals surface area contributed by atoms with Crippen LogP contribution in [0.4, 0.5) is 0 Å². The van der Waals surface area contributed by atoms with Crippen LogP contribution in [0.25, 0.3) is 16.9 Å². The average Bonchev–Trinajstić information content (AvgIpc) is 3.31. The number of carbonyl (C=O) groups excluding carboxylic acids is 2. The van der Waals surface area contributed by atoms with Gasteiger partial charge in [0.2, 0.25) is 0 Å². The number of ketones is 1. The Labute approximate surface area is 205 Å². The minimum Gasteiger partial charge on any atom is -0.462 e. The molecule has 0 amide bonds. The summed E-state index contributed by atoms with van der Waals surface area (Å²) in [5.74, 6) is -0.404. The number of benzene rings is 2. The minimum atomic E-state index is -1.13. The summed E-state index contributed by atoms with van der Waals surface area (Å²) in [4.78, 5) is 23.1. The van der Waals surface area contributed by atoms with Gasteiger partial charge in [-0.2, -0.15) is 5.10 Å². The zero-order chi connectivity index (χ0) is 25.0. The van der Waals surface area contributed by atoms with Crippen LogP contribution in [0.15, 0.2) is 54.6 Å². The maximum absolute atomic E-state index is 12.0. The SMILES string of the molecule is CC(=O)CCC(=O)OC1CCC(O)(c2cc(-c3ccc(C)cc3)n(-c3ccc(CO)cc3)n2)CC1. The lowest BCUT2D eigenvalue weighted by Gasteiger charge is -2.34. The Morgan fingerprint density at radius 3 is 2.31 bits per heavy atom. The zero-order valence-electron chi connectivity index (χ0n) is 20.2. The van der Waals surface area contributed by atoms with E-state index >= 15 is 0 Å². The van der Waals surface area contributed by atoms with Crippen LogP contribution >= 0.6 is 0 Å². The van der Waals surface area contributed by atoms with Crippen molar-refractivity contribution in [3.8, 4) is 16.9 Å². The number of aliphatic hydroxyl groups is 2. The van der Waals surface area contributed by atoms with Crippen molar-refractivity contribution in [1.82, 2.24) is 9.78 Å². The van der Waals surface area contributed by atoms with Crippen molar-refractivity contribution in [3.63, 3.8) is 0 Å². The summed E-state index contributed by atoms with van der Waals surface area (Å²) in [6.45, 7) is 3.46. The van der Waals surface area contributed by atoms with Gasteiger partial charge in [0, 0.05) is 12.0 Å². The molecule has 2 N–H and O–H groups in total. The number of aliphatic hydroxyl groups excluding tert-OH is 1. The van der Waals surface area contributed by atoms with Crippen LogP contribution in [0.3, 0.4) is 0 Å². The first-order valence-corrected chi connectivity index (χ1v) is 12.1. The summed E-state index contributed by atoms with van der Waals surface area (Å²) < 4.78 is 7.35. The molecule has 0 spiro atoms. The number of carbonyl (C=O) groups is 2. The number of hydrogen-bond acceptors (Lipinski definition) is 6. The fourth-order valence-corrected chi connectivity index (χ4v) is 4.44. The lowest BCUT2D eigenvalue weighted by atomic mass is 9.81. The third-order valence-corrected chi connectivity index (χ3v) is 6.64. The highest BCUT2D eigenvalue weighted by molar-refractivity contribution is 5.81. The molecular weight excluding hydrogens is 444 g/mol. The van der Waals surface area contributed by atoms with Crippen LogP contribution in [-0.4, -0.2) is 37.9 Å². The third-order valence-electron chi connectivity index (χ3n) is 6.64. The first-order chi connectivity index (χ1) is 16.8. The topological polar surface area (TPSA) is 102 Å². The third kappa shape index (κ3) is 5.86. The number of aryl methyl sites for hydroxylation is 1. The predicted molar refractivity (Wildman–Crippen MR) is 132 cm³/mol. The Balaban J connectivity index is 1.57. The van der Waals surface area contributed by atoms with Crippen molar-refractivity contribution in [2.45, 2.75) is 70.7 Å². The van der Waals surface area contributed by atoms with Crippen LogP contribution < -0.4 is 0 Å². The van der Waals surface area contributed by atoms with Crippen molar-refractivity contribution >= 4 is 11.8 Å². The number of aromatic nitrogens is 2. The normalized spacial score (nSPS) is 19.9. The van der Waals surface area contributed by atoms with Gasteiger partial charge in [0.1, 0.15) is 17.5 Å². The fourth-order valence-electron chi connectivity index (χ4n) is 4.44. The van der Waals surface area contributed by atoms with Crippen LogP contribution in [0, 0.1) is 6.92 Å². The summed E-state index contributed by atoms with van der Waals surface area (Å²) in [6.07, 6.45) is 1.92. The summed E-state index contributed by atoms with van der Waals surface area (Å²) >= 11 is 0. The van der Waals surface area contributed by atoms with Gasteiger partial charge < -0.3 is 19.7 Å². The fraction of sp³-hybridized carbons (Fsp3) is 0.393. The molecule has 2 aromatic carbocycles. The van der Waals surface area contributed by atoms with Gasteiger partial charge in [-0.15, -0.1) is 0 Å². The van der Waals surface area contributed by atoms with Crippen molar-refractivity contribution in [2.24, 2.45) is 0 Å². The van der Waals surface area contributed by atoms with Gasteiger partial charge in [0.25, 0.3) is 0 Å². The van der Waals surface area contributed by atoms with Crippen LogP contribution in [-0.2, 0) is 26.5 Å². The molecule has 7 nitrogen and oxygen atoms in total. The Bertz CT molecular complexity index is 1170. The zero-order valence-corrected chi connectivity index (χ0v) is 20.2. The summed E-state index contributed by atoms with van der Waals surface area (Å²) in [6, 6.07) is 17.6. The molecule has 3 aromatic rings. The van der Waals surface area contributed by atoms with Crippen LogP contribution in [0.5, 0.6) is 0 Å². The lowest BCUT2D eigenvalue weighted by molar-refractivity contribution is -0.154. The standard InChI is InChI=1S/C28H32N2O5/c1-19-3-8-22(9-4-19)25-17-26(29-30(25)23-10-6-21(18-31)7-11-23)28(34)15-13-24(14-16-28)35-27(33)12-5-20(2)32/h3-4,6-11,17,24,31,34H,5,12-16,18H2,1-2H3. The van der Waals surface area contributed by atoms with Crippen molar-refractivity contribution in [2.75, 3.05) is 0 Å². The predicted octanol–water partition coefficient (Wildman–Crippen LogP) is 4.38. The number of esters is 1. The molecule has 1 aromatic heterocycles. The van der Waals surface area contributed by atoms with Gasteiger partial charge in [0.05, 0.1) is 30.1 Å². The second-order valence-corrected chi connectivity index (χ2v) is 9.44. The monoisotopic (exact) mass is 476 g/mol. The number of nitrogens with zero attached hydrogens (tertiary/aromatic N) is 2. The highest BCUT2D eigenvalue weighted by Gasteiger charge is 2.38. The van der Waals surface area contributed by atoms with Gasteiger partial charge in [-0.3, -0.25) is 4.79 Å². The highest BCUT2D eigenvalue weighted by atomic mass is 16.5. The van der Waals surface area contributed by atoms with Gasteiger partial charge in [0.15, 0.2) is 0 Å². The highest BCUT2D eigenvalue weighted by Crippen LogP contribution is 2.39. The number of Topliss-reactive ketones (excluding diaryl/α,β-unsaturated/α-hetero) is 1. The smallest absolute Gasteiger partial charge is 0.306 e. The van der Waals surface area contributed by atoms with E-state index in [9.17, 15) is 19.8 Å². The number of ether oxygens (including phenoxy) is 1. The summed E-state index contributed by atoms with van der Waals surface area (Å²) in [7, 11) is 0. The van der Waals surface area contributed by atoms with Gasteiger partial charge in [-0.25, -0.2) is 4.68 Å². The van der Waals surface area contributed by atoms with E-state index in [0.29, 0.717) is 31.4 Å². The molecular formula is C28H32N2O5. The molecule has 1 fully saturated rings. The van der Waals surface area contributed by atoms with Crippen molar-refractivity contribution in [3.05, 3.63) is 71.4 Å². The minimum absolute atomic E-state index is 0.0320. The first kappa shape index (κ1) is 24.8. The molecule has 0 bridgehead atoms. The Hall–Kier alpha value is -3.29. The van der Waals surface area contributed by atoms with E-state index in [1.807, 2.05) is 66.2 Å². The molecule has 1 aliphatic carbocycles. The Kier molecular flexibility index (Phi) is 7.48. The molecule has 35 heavy (non-hydrogen) atoms. The van der Waals surface area contributed by atoms with Crippen molar-refractivity contribution in [1.29, 1.82) is 0 Å². The second-order valence-electron chi connectivity index (χ2n) is 9.44. The second kappa shape index (κ2) is 10.5. The maximum atomic E-state index is 12.0. The molecule has 4 rings (SSSR count). The van der Waals surface area contributed by atoms with E-state index in [2.05, 4.69) is 0 Å². The van der Waals surface area contributed by atoms with Gasteiger partial charge in [-0.1, -0.05) is 42.0 Å². The largest absolute Gasteiger partial charge is 0.462 e. The summed E-state index contributed by atoms with van der Waals surface area (Å²) in [5, 5.41) is 25.8. The molecule has 1 aliphatic rings. The van der Waals surface area contributed by atoms with E-state index in [0.717, 1.165) is 28.1 Å². The number of hydrogen-bond donors (Lipinski definition) is 2. The van der Waals surface area contributed by atoms with Crippen LogP contribution in [0.2, 0.25) is 0 Å². The van der Waals surface area contributed by atoms with E-state index in [-0.39, 0.29) is 37.3 Å². The Morgan fingerprint density at radius 2 is 1.71 bits per heavy atom. The maximum Gasteiger partial charge on any atom is 0.306 e. The van der Waals surface area contributed by atoms with E-state index in [1.54, 1.807) is 0 Å². The number of rotatable bonds is 8. The van der Waals surface area contributed by atoms with Crippen molar-refractivity contribution < 1.29 is 24.5 Å². The average molecular weight is 477 g/mol. The van der Waals surface area contributed by atoms with Gasteiger partial charge >= 0.3 is 5.97 Å². The quantitative estimate of drug-likeness (QED) is 0.468. The molecule has 0 unspecified atom stereocenters. The molecule has 184 valence electrons. The van der Waals surface area contributed by atoms with Gasteiger partial charge in [-0.05, 0) is 63.3 Å². The molecule has 1 saturated carbocycles. The first-order valence-electron chi connectivity index (χ1n) is 12.1. The van der Waals surface area contributed by atoms with E-state index < -0.39 is 5.60 Å². The molecule has 7 heteroatoms. The van der Waals surface area contributed by atoms with E-state index in [4.69, 9.17) is 9.84 Å². The summed E-state index contributed by atoms with van der Waals surface area (Å²) in [5.41, 5.74) is 4.11. The van der Waals surface area contributed by atoms with E-state index in [1.165, 1.54) is 6.92 Å². The Morgan fingerprint density at radius 1 is 1.06 bits per heavy atom. The molecule has 0 saturated heterocycles. The molecule has 0 aliphatic heterocycles. The lowest BCUT2D eigenvalue weighted by Crippen LogP contribution is -2.35.